The minimum absolute atomic E-state index is 0.610. The molecule has 3 heterocycles. The summed E-state index contributed by atoms with van der Waals surface area (Å²) in [6.07, 6.45) is 4.36. The Morgan fingerprint density at radius 2 is 2.41 bits per heavy atom. The van der Waals surface area contributed by atoms with Crippen molar-refractivity contribution in [3.05, 3.63) is 12.3 Å². The Labute approximate surface area is 101 Å². The van der Waals surface area contributed by atoms with Crippen molar-refractivity contribution in [3.8, 4) is 5.88 Å². The first-order valence-corrected chi connectivity index (χ1v) is 6.22. The number of piperidine rings is 1. The first kappa shape index (κ1) is 10.8. The molecule has 0 spiro atoms. The molecule has 2 aliphatic rings. The Balaban J connectivity index is 1.76. The van der Waals surface area contributed by atoms with Crippen LogP contribution in [0, 0.1) is 5.92 Å². The van der Waals surface area contributed by atoms with Crippen molar-refractivity contribution in [3.63, 3.8) is 0 Å². The SMILES string of the molecule is COc1ccnc(N2CC3CCCNC3C2)n1. The van der Waals surface area contributed by atoms with E-state index < -0.39 is 0 Å². The van der Waals surface area contributed by atoms with E-state index in [0.717, 1.165) is 31.5 Å². The number of nitrogens with zero attached hydrogens (tertiary/aromatic N) is 3. The third kappa shape index (κ3) is 2.07. The van der Waals surface area contributed by atoms with Crippen LogP contribution in [0.3, 0.4) is 0 Å². The maximum absolute atomic E-state index is 5.14. The third-order valence-corrected chi connectivity index (χ3v) is 3.71. The molecule has 2 aliphatic heterocycles. The smallest absolute Gasteiger partial charge is 0.228 e. The summed E-state index contributed by atoms with van der Waals surface area (Å²) in [5.74, 6) is 2.18. The molecule has 0 aromatic carbocycles. The third-order valence-electron chi connectivity index (χ3n) is 3.71. The fourth-order valence-electron chi connectivity index (χ4n) is 2.81. The zero-order valence-electron chi connectivity index (χ0n) is 10.1. The quantitative estimate of drug-likeness (QED) is 0.815. The summed E-state index contributed by atoms with van der Waals surface area (Å²) < 4.78 is 5.14. The van der Waals surface area contributed by atoms with E-state index in [1.165, 1.54) is 12.8 Å². The minimum atomic E-state index is 0.610. The Morgan fingerprint density at radius 3 is 3.24 bits per heavy atom. The topological polar surface area (TPSA) is 50.3 Å². The van der Waals surface area contributed by atoms with Crippen LogP contribution in [0.4, 0.5) is 5.95 Å². The molecule has 2 atom stereocenters. The molecule has 2 unspecified atom stereocenters. The van der Waals surface area contributed by atoms with E-state index in [9.17, 15) is 0 Å². The molecule has 0 amide bonds. The number of aromatic nitrogens is 2. The van der Waals surface area contributed by atoms with Gasteiger partial charge < -0.3 is 15.0 Å². The van der Waals surface area contributed by atoms with Crippen LogP contribution in [-0.4, -0.2) is 42.8 Å². The number of methoxy groups -OCH3 is 1. The summed E-state index contributed by atoms with van der Waals surface area (Å²) in [7, 11) is 1.64. The Morgan fingerprint density at radius 1 is 1.47 bits per heavy atom. The molecule has 1 N–H and O–H groups in total. The van der Waals surface area contributed by atoms with Gasteiger partial charge in [0.2, 0.25) is 11.8 Å². The zero-order valence-corrected chi connectivity index (χ0v) is 10.1. The highest BCUT2D eigenvalue weighted by Gasteiger charge is 2.35. The van der Waals surface area contributed by atoms with E-state index in [2.05, 4.69) is 20.2 Å². The number of hydrogen-bond acceptors (Lipinski definition) is 5. The van der Waals surface area contributed by atoms with E-state index in [-0.39, 0.29) is 0 Å². The molecule has 2 saturated heterocycles. The van der Waals surface area contributed by atoms with E-state index in [4.69, 9.17) is 4.74 Å². The summed E-state index contributed by atoms with van der Waals surface area (Å²) in [6.45, 7) is 3.22. The van der Waals surface area contributed by atoms with Crippen LogP contribution in [0.2, 0.25) is 0 Å². The molecule has 92 valence electrons. The molecule has 0 aliphatic carbocycles. The predicted molar refractivity (Wildman–Crippen MR) is 65.3 cm³/mol. The average Bonchev–Trinajstić information content (AvgIpc) is 2.82. The van der Waals surface area contributed by atoms with Crippen molar-refractivity contribution >= 4 is 5.95 Å². The van der Waals surface area contributed by atoms with Crippen molar-refractivity contribution in [2.24, 2.45) is 5.92 Å². The largest absolute Gasteiger partial charge is 0.481 e. The number of ether oxygens (including phenoxy) is 1. The van der Waals surface area contributed by atoms with Gasteiger partial charge in [0, 0.05) is 31.4 Å². The van der Waals surface area contributed by atoms with Crippen LogP contribution < -0.4 is 15.0 Å². The van der Waals surface area contributed by atoms with Crippen LogP contribution in [0.1, 0.15) is 12.8 Å². The van der Waals surface area contributed by atoms with Crippen molar-refractivity contribution < 1.29 is 4.74 Å². The lowest BCUT2D eigenvalue weighted by Crippen LogP contribution is -2.40. The van der Waals surface area contributed by atoms with Gasteiger partial charge in [-0.25, -0.2) is 4.98 Å². The number of rotatable bonds is 2. The Kier molecular flexibility index (Phi) is 2.84. The van der Waals surface area contributed by atoms with Crippen LogP contribution in [0.15, 0.2) is 12.3 Å². The van der Waals surface area contributed by atoms with Crippen LogP contribution in [0.5, 0.6) is 5.88 Å². The van der Waals surface area contributed by atoms with Crippen LogP contribution >= 0.6 is 0 Å². The molecule has 3 rings (SSSR count). The number of hydrogen-bond donors (Lipinski definition) is 1. The monoisotopic (exact) mass is 234 g/mol. The van der Waals surface area contributed by atoms with Gasteiger partial charge in [-0.05, 0) is 25.3 Å². The molecule has 17 heavy (non-hydrogen) atoms. The normalized spacial score (nSPS) is 27.9. The summed E-state index contributed by atoms with van der Waals surface area (Å²) in [6, 6.07) is 2.39. The zero-order chi connectivity index (χ0) is 11.7. The molecule has 5 nitrogen and oxygen atoms in total. The van der Waals surface area contributed by atoms with Gasteiger partial charge in [0.1, 0.15) is 0 Å². The van der Waals surface area contributed by atoms with Crippen molar-refractivity contribution in [1.82, 2.24) is 15.3 Å². The lowest BCUT2D eigenvalue weighted by Gasteiger charge is -2.24. The first-order chi connectivity index (χ1) is 8.36. The Bertz CT molecular complexity index is 384. The van der Waals surface area contributed by atoms with Crippen LogP contribution in [0.25, 0.3) is 0 Å². The maximum Gasteiger partial charge on any atom is 0.228 e. The molecular formula is C12H18N4O. The van der Waals surface area contributed by atoms with E-state index in [1.54, 1.807) is 19.4 Å². The predicted octanol–water partition coefficient (Wildman–Crippen LogP) is 0.673. The van der Waals surface area contributed by atoms with Crippen molar-refractivity contribution in [2.45, 2.75) is 18.9 Å². The Hall–Kier alpha value is -1.36. The van der Waals surface area contributed by atoms with Gasteiger partial charge in [0.05, 0.1) is 7.11 Å². The molecular weight excluding hydrogens is 216 g/mol. The molecule has 0 saturated carbocycles. The second-order valence-corrected chi connectivity index (χ2v) is 4.77. The highest BCUT2D eigenvalue weighted by atomic mass is 16.5. The highest BCUT2D eigenvalue weighted by Crippen LogP contribution is 2.27. The molecule has 2 fully saturated rings. The highest BCUT2D eigenvalue weighted by molar-refractivity contribution is 5.35. The maximum atomic E-state index is 5.14. The number of anilines is 1. The van der Waals surface area contributed by atoms with E-state index in [1.807, 2.05) is 0 Å². The standard InChI is InChI=1S/C12H18N4O/c1-17-11-4-6-14-12(15-11)16-7-9-3-2-5-13-10(9)8-16/h4,6,9-10,13H,2-3,5,7-8H2,1H3. The lowest BCUT2D eigenvalue weighted by molar-refractivity contribution is 0.340. The second kappa shape index (κ2) is 4.49. The van der Waals surface area contributed by atoms with Gasteiger partial charge >= 0.3 is 0 Å². The summed E-state index contributed by atoms with van der Waals surface area (Å²) in [5, 5.41) is 3.58. The summed E-state index contributed by atoms with van der Waals surface area (Å²) in [5.41, 5.74) is 0. The van der Waals surface area contributed by atoms with E-state index >= 15 is 0 Å². The molecule has 1 aromatic rings. The van der Waals surface area contributed by atoms with Crippen molar-refractivity contribution in [1.29, 1.82) is 0 Å². The fraction of sp³-hybridized carbons (Fsp3) is 0.667. The average molecular weight is 234 g/mol. The first-order valence-electron chi connectivity index (χ1n) is 6.22. The minimum Gasteiger partial charge on any atom is -0.481 e. The van der Waals surface area contributed by atoms with Gasteiger partial charge in [-0.2, -0.15) is 4.98 Å². The number of nitrogens with one attached hydrogen (secondary N) is 1. The van der Waals surface area contributed by atoms with Gasteiger partial charge in [0.15, 0.2) is 0 Å². The van der Waals surface area contributed by atoms with E-state index in [0.29, 0.717) is 11.9 Å². The summed E-state index contributed by atoms with van der Waals surface area (Å²) >= 11 is 0. The van der Waals surface area contributed by atoms with Gasteiger partial charge in [-0.1, -0.05) is 0 Å². The number of fused-ring (bicyclic) bond motifs is 1. The van der Waals surface area contributed by atoms with Crippen LogP contribution in [-0.2, 0) is 0 Å². The molecule has 5 heteroatoms. The second-order valence-electron chi connectivity index (χ2n) is 4.77. The molecule has 0 bridgehead atoms. The molecule has 0 radical (unpaired) electrons. The van der Waals surface area contributed by atoms with Gasteiger partial charge in [0.25, 0.3) is 0 Å². The van der Waals surface area contributed by atoms with Gasteiger partial charge in [-0.15, -0.1) is 0 Å². The fourth-order valence-corrected chi connectivity index (χ4v) is 2.81. The lowest BCUT2D eigenvalue weighted by atomic mass is 9.94. The van der Waals surface area contributed by atoms with Crippen molar-refractivity contribution in [2.75, 3.05) is 31.6 Å². The van der Waals surface area contributed by atoms with Gasteiger partial charge in [-0.3, -0.25) is 0 Å². The summed E-state index contributed by atoms with van der Waals surface area (Å²) in [4.78, 5) is 11.0. The molecule has 1 aromatic heterocycles.